The van der Waals surface area contributed by atoms with Gasteiger partial charge in [-0.2, -0.15) is 0 Å². The van der Waals surface area contributed by atoms with Crippen molar-refractivity contribution in [2.24, 2.45) is 0 Å². The maximum Gasteiger partial charge on any atom is 0.244 e. The van der Waals surface area contributed by atoms with Gasteiger partial charge >= 0.3 is 0 Å². The van der Waals surface area contributed by atoms with Crippen LogP contribution in [0.1, 0.15) is 35.9 Å². The van der Waals surface area contributed by atoms with Gasteiger partial charge in [-0.1, -0.05) is 19.4 Å². The number of carbonyl (C=O) groups excluding carboxylic acids is 1. The standard InChI is InChI=1S/C20H22F3N3O3S/c1-3-4-18-14(5-7-15(11-21)25-18)6-8-19(27)24-12-13-9-16(22)20(17(23)10-13)26-30(2,28)29/h5-10,26H,3-4,11-12H2,1-2H3,(H,24,27)/b8-6+. The summed E-state index contributed by atoms with van der Waals surface area (Å²) >= 11 is 0. The number of rotatable bonds is 9. The number of benzene rings is 1. The molecule has 2 N–H and O–H groups in total. The third kappa shape index (κ3) is 6.87. The minimum absolute atomic E-state index is 0.117. The topological polar surface area (TPSA) is 88.2 Å². The van der Waals surface area contributed by atoms with Gasteiger partial charge in [0.2, 0.25) is 15.9 Å². The zero-order valence-corrected chi connectivity index (χ0v) is 17.3. The summed E-state index contributed by atoms with van der Waals surface area (Å²) in [7, 11) is -3.84. The highest BCUT2D eigenvalue weighted by Gasteiger charge is 2.15. The van der Waals surface area contributed by atoms with E-state index in [-0.39, 0.29) is 12.1 Å². The molecule has 0 aliphatic rings. The zero-order chi connectivity index (χ0) is 22.3. The largest absolute Gasteiger partial charge is 0.348 e. The van der Waals surface area contributed by atoms with Crippen LogP contribution in [0.4, 0.5) is 18.9 Å². The average molecular weight is 441 g/mol. The van der Waals surface area contributed by atoms with Crippen LogP contribution in [0.25, 0.3) is 6.08 Å². The van der Waals surface area contributed by atoms with Crippen molar-refractivity contribution >= 4 is 27.7 Å². The summed E-state index contributed by atoms with van der Waals surface area (Å²) in [5.41, 5.74) is 1.01. The van der Waals surface area contributed by atoms with Crippen LogP contribution in [-0.4, -0.2) is 25.6 Å². The van der Waals surface area contributed by atoms with Crippen molar-refractivity contribution in [2.45, 2.75) is 33.0 Å². The number of alkyl halides is 1. The number of halogens is 3. The van der Waals surface area contributed by atoms with Crippen molar-refractivity contribution in [2.75, 3.05) is 11.0 Å². The summed E-state index contributed by atoms with van der Waals surface area (Å²) in [6.07, 6.45) is 4.99. The Balaban J connectivity index is 2.06. The van der Waals surface area contributed by atoms with Crippen LogP contribution in [0, 0.1) is 11.6 Å². The predicted molar refractivity (Wildman–Crippen MR) is 109 cm³/mol. The molecule has 0 unspecified atom stereocenters. The first kappa shape index (κ1) is 23.4. The number of aryl methyl sites for hydroxylation is 1. The van der Waals surface area contributed by atoms with Crippen LogP contribution >= 0.6 is 0 Å². The molecule has 0 saturated heterocycles. The number of hydrogen-bond acceptors (Lipinski definition) is 4. The van der Waals surface area contributed by atoms with Crippen LogP contribution in [-0.2, 0) is 34.5 Å². The predicted octanol–water partition coefficient (Wildman–Crippen LogP) is 3.48. The van der Waals surface area contributed by atoms with E-state index in [4.69, 9.17) is 0 Å². The van der Waals surface area contributed by atoms with E-state index in [0.29, 0.717) is 23.4 Å². The highest BCUT2D eigenvalue weighted by Crippen LogP contribution is 2.21. The monoisotopic (exact) mass is 441 g/mol. The number of sulfonamides is 1. The Morgan fingerprint density at radius 2 is 1.87 bits per heavy atom. The summed E-state index contributed by atoms with van der Waals surface area (Å²) in [5, 5.41) is 2.49. The van der Waals surface area contributed by atoms with Crippen LogP contribution in [0.3, 0.4) is 0 Å². The first-order chi connectivity index (χ1) is 14.1. The first-order valence-electron chi connectivity index (χ1n) is 9.09. The van der Waals surface area contributed by atoms with Gasteiger partial charge in [-0.25, -0.2) is 21.6 Å². The zero-order valence-electron chi connectivity index (χ0n) is 16.5. The lowest BCUT2D eigenvalue weighted by Gasteiger charge is -2.09. The SMILES string of the molecule is CCCc1nc(CF)ccc1/C=C/C(=O)NCc1cc(F)c(NS(C)(=O)=O)c(F)c1. The number of nitrogens with one attached hydrogen (secondary N) is 2. The van der Waals surface area contributed by atoms with E-state index in [1.807, 2.05) is 6.92 Å². The quantitative estimate of drug-likeness (QED) is 0.583. The molecular formula is C20H22F3N3O3S. The molecule has 0 fully saturated rings. The molecule has 0 aliphatic heterocycles. The second kappa shape index (κ2) is 10.2. The Morgan fingerprint density at radius 3 is 2.43 bits per heavy atom. The number of amides is 1. The fourth-order valence-corrected chi connectivity index (χ4v) is 3.21. The summed E-state index contributed by atoms with van der Waals surface area (Å²) in [6.45, 7) is 1.11. The molecule has 1 heterocycles. The molecule has 1 aromatic heterocycles. The minimum atomic E-state index is -3.84. The van der Waals surface area contributed by atoms with Gasteiger partial charge in [0.25, 0.3) is 0 Å². The van der Waals surface area contributed by atoms with E-state index < -0.39 is 39.9 Å². The Hall–Kier alpha value is -2.88. The van der Waals surface area contributed by atoms with E-state index in [1.165, 1.54) is 18.2 Å². The molecule has 10 heteroatoms. The van der Waals surface area contributed by atoms with Crippen molar-refractivity contribution < 1.29 is 26.4 Å². The molecule has 0 aliphatic carbocycles. The summed E-state index contributed by atoms with van der Waals surface area (Å²) in [5.74, 6) is -2.70. The maximum absolute atomic E-state index is 14.0. The third-order valence-electron chi connectivity index (χ3n) is 3.96. The number of anilines is 1. The molecule has 1 amide bonds. The molecule has 1 aromatic carbocycles. The number of aromatic nitrogens is 1. The second-order valence-electron chi connectivity index (χ2n) is 6.58. The molecule has 0 atom stereocenters. The van der Waals surface area contributed by atoms with Gasteiger partial charge in [0.15, 0.2) is 11.6 Å². The molecule has 0 saturated carbocycles. The lowest BCUT2D eigenvalue weighted by molar-refractivity contribution is -0.116. The lowest BCUT2D eigenvalue weighted by Crippen LogP contribution is -2.21. The van der Waals surface area contributed by atoms with E-state index >= 15 is 0 Å². The van der Waals surface area contributed by atoms with Crippen molar-refractivity contribution in [3.05, 3.63) is 64.5 Å². The fraction of sp³-hybridized carbons (Fsp3) is 0.300. The van der Waals surface area contributed by atoms with Crippen LogP contribution in [0.2, 0.25) is 0 Å². The van der Waals surface area contributed by atoms with Gasteiger partial charge < -0.3 is 5.32 Å². The smallest absolute Gasteiger partial charge is 0.244 e. The number of carbonyl (C=O) groups is 1. The van der Waals surface area contributed by atoms with Gasteiger partial charge in [0.05, 0.1) is 11.9 Å². The number of pyridine rings is 1. The molecule has 0 bridgehead atoms. The molecule has 0 radical (unpaired) electrons. The Bertz CT molecular complexity index is 1030. The summed E-state index contributed by atoms with van der Waals surface area (Å²) in [4.78, 5) is 16.3. The highest BCUT2D eigenvalue weighted by atomic mass is 32.2. The molecule has 2 rings (SSSR count). The Kier molecular flexibility index (Phi) is 7.99. The molecule has 2 aromatic rings. The highest BCUT2D eigenvalue weighted by molar-refractivity contribution is 7.92. The van der Waals surface area contributed by atoms with Crippen molar-refractivity contribution in [3.63, 3.8) is 0 Å². The van der Waals surface area contributed by atoms with Gasteiger partial charge in [0.1, 0.15) is 12.4 Å². The van der Waals surface area contributed by atoms with Crippen molar-refractivity contribution in [1.29, 1.82) is 0 Å². The molecular weight excluding hydrogens is 419 g/mol. The Labute approximate surface area is 173 Å². The normalized spacial score (nSPS) is 11.6. The van der Waals surface area contributed by atoms with Gasteiger partial charge in [-0.05, 0) is 41.8 Å². The van der Waals surface area contributed by atoms with E-state index in [2.05, 4.69) is 10.3 Å². The summed E-state index contributed by atoms with van der Waals surface area (Å²) in [6, 6.07) is 5.07. The second-order valence-corrected chi connectivity index (χ2v) is 8.33. The third-order valence-corrected chi connectivity index (χ3v) is 4.54. The van der Waals surface area contributed by atoms with Gasteiger partial charge in [-0.3, -0.25) is 14.5 Å². The van der Waals surface area contributed by atoms with Gasteiger partial charge in [0, 0.05) is 18.3 Å². The minimum Gasteiger partial charge on any atom is -0.348 e. The van der Waals surface area contributed by atoms with Crippen LogP contribution < -0.4 is 10.0 Å². The first-order valence-corrected chi connectivity index (χ1v) is 11.0. The fourth-order valence-electron chi connectivity index (χ4n) is 2.64. The molecule has 162 valence electrons. The maximum atomic E-state index is 14.0. The van der Waals surface area contributed by atoms with Crippen LogP contribution in [0.15, 0.2) is 30.3 Å². The molecule has 30 heavy (non-hydrogen) atoms. The lowest BCUT2D eigenvalue weighted by atomic mass is 10.1. The van der Waals surface area contributed by atoms with E-state index in [1.54, 1.807) is 10.8 Å². The number of nitrogens with zero attached hydrogens (tertiary/aromatic N) is 1. The number of hydrogen-bond donors (Lipinski definition) is 2. The summed E-state index contributed by atoms with van der Waals surface area (Å²) < 4.78 is 64.8. The van der Waals surface area contributed by atoms with Crippen molar-refractivity contribution in [3.8, 4) is 0 Å². The van der Waals surface area contributed by atoms with Crippen LogP contribution in [0.5, 0.6) is 0 Å². The van der Waals surface area contributed by atoms with Gasteiger partial charge in [-0.15, -0.1) is 0 Å². The van der Waals surface area contributed by atoms with E-state index in [9.17, 15) is 26.4 Å². The van der Waals surface area contributed by atoms with Crippen molar-refractivity contribution in [1.82, 2.24) is 10.3 Å². The molecule has 0 spiro atoms. The molecule has 6 nitrogen and oxygen atoms in total. The Morgan fingerprint density at radius 1 is 1.20 bits per heavy atom. The van der Waals surface area contributed by atoms with E-state index in [0.717, 1.165) is 24.8 Å². The average Bonchev–Trinajstić information content (AvgIpc) is 2.67.